The minimum atomic E-state index is -2.96. The summed E-state index contributed by atoms with van der Waals surface area (Å²) in [7, 11) is 0. The number of rotatable bonds is 4. The van der Waals surface area contributed by atoms with Crippen molar-refractivity contribution < 1.29 is 23.4 Å². The number of carboxylic acids is 1. The topological polar surface area (TPSA) is 49.4 Å². The molecule has 86 valence electrons. The Kier molecular flexibility index (Phi) is 4.42. The summed E-state index contributed by atoms with van der Waals surface area (Å²) in [6.45, 7) is -2.96. The van der Waals surface area contributed by atoms with Crippen LogP contribution < -0.4 is 9.84 Å². The predicted molar refractivity (Wildman–Crippen MR) is 54.8 cm³/mol. The Labute approximate surface area is 98.5 Å². The van der Waals surface area contributed by atoms with Crippen LogP contribution in [0.2, 0.25) is 0 Å². The van der Waals surface area contributed by atoms with Crippen molar-refractivity contribution in [2.45, 2.75) is 6.61 Å². The second-order valence-electron chi connectivity index (χ2n) is 2.71. The first-order valence-electron chi connectivity index (χ1n) is 4.12. The van der Waals surface area contributed by atoms with Gasteiger partial charge in [0.25, 0.3) is 0 Å². The Morgan fingerprint density at radius 1 is 1.50 bits per heavy atom. The molecular formula is C10H6BrF2O3-. The molecule has 0 saturated heterocycles. The van der Waals surface area contributed by atoms with E-state index in [1.807, 2.05) is 0 Å². The van der Waals surface area contributed by atoms with E-state index in [9.17, 15) is 18.7 Å². The lowest BCUT2D eigenvalue weighted by atomic mass is 10.2. The van der Waals surface area contributed by atoms with E-state index in [0.29, 0.717) is 4.47 Å². The van der Waals surface area contributed by atoms with Crippen LogP contribution in [0.5, 0.6) is 5.75 Å². The van der Waals surface area contributed by atoms with Crippen LogP contribution >= 0.6 is 15.9 Å². The smallest absolute Gasteiger partial charge is 0.387 e. The fraction of sp³-hybridized carbons (Fsp3) is 0.100. The highest BCUT2D eigenvalue weighted by Crippen LogP contribution is 2.25. The molecule has 0 unspecified atom stereocenters. The third-order valence-electron chi connectivity index (χ3n) is 1.59. The molecule has 0 atom stereocenters. The highest BCUT2D eigenvalue weighted by atomic mass is 79.9. The molecule has 0 N–H and O–H groups in total. The van der Waals surface area contributed by atoms with Crippen LogP contribution in [-0.2, 0) is 4.79 Å². The summed E-state index contributed by atoms with van der Waals surface area (Å²) in [6.07, 6.45) is 1.86. The van der Waals surface area contributed by atoms with Crippen LogP contribution in [0.4, 0.5) is 8.78 Å². The lowest BCUT2D eigenvalue weighted by molar-refractivity contribution is -0.297. The Morgan fingerprint density at radius 2 is 2.19 bits per heavy atom. The predicted octanol–water partition coefficient (Wildman–Crippen LogP) is 1.81. The van der Waals surface area contributed by atoms with Gasteiger partial charge in [-0.25, -0.2) is 0 Å². The number of carbonyl (C=O) groups excluding carboxylic acids is 1. The fourth-order valence-corrected chi connectivity index (χ4v) is 1.39. The van der Waals surface area contributed by atoms with Crippen molar-refractivity contribution in [3.63, 3.8) is 0 Å². The van der Waals surface area contributed by atoms with Gasteiger partial charge in [-0.05, 0) is 30.4 Å². The molecule has 0 bridgehead atoms. The van der Waals surface area contributed by atoms with Crippen molar-refractivity contribution in [2.75, 3.05) is 0 Å². The molecule has 16 heavy (non-hydrogen) atoms. The summed E-state index contributed by atoms with van der Waals surface area (Å²) in [5, 5.41) is 10.2. The summed E-state index contributed by atoms with van der Waals surface area (Å²) >= 11 is 3.13. The van der Waals surface area contributed by atoms with Gasteiger partial charge in [-0.2, -0.15) is 8.78 Å². The monoisotopic (exact) mass is 291 g/mol. The number of benzene rings is 1. The second kappa shape index (κ2) is 5.60. The third-order valence-corrected chi connectivity index (χ3v) is 2.08. The van der Waals surface area contributed by atoms with Gasteiger partial charge in [-0.15, -0.1) is 0 Å². The van der Waals surface area contributed by atoms with Crippen LogP contribution in [0.15, 0.2) is 28.7 Å². The molecule has 1 aromatic carbocycles. The molecule has 0 aliphatic carbocycles. The fourth-order valence-electron chi connectivity index (χ4n) is 1.01. The van der Waals surface area contributed by atoms with Crippen molar-refractivity contribution >= 4 is 28.0 Å². The first-order valence-corrected chi connectivity index (χ1v) is 4.92. The summed E-state index contributed by atoms with van der Waals surface area (Å²) in [6, 6.07) is 4.27. The Balaban J connectivity index is 3.03. The Bertz CT molecular complexity index is 419. The summed E-state index contributed by atoms with van der Waals surface area (Å²) < 4.78 is 28.9. The van der Waals surface area contributed by atoms with Crippen LogP contribution in [0.25, 0.3) is 6.08 Å². The number of ether oxygens (including phenoxy) is 1. The van der Waals surface area contributed by atoms with Crippen LogP contribution in [-0.4, -0.2) is 12.6 Å². The van der Waals surface area contributed by atoms with Crippen molar-refractivity contribution in [1.29, 1.82) is 0 Å². The summed E-state index contributed by atoms with van der Waals surface area (Å²) in [5.74, 6) is -1.52. The number of aliphatic carboxylic acids is 1. The van der Waals surface area contributed by atoms with E-state index in [-0.39, 0.29) is 11.3 Å². The average molecular weight is 292 g/mol. The van der Waals surface area contributed by atoms with Gasteiger partial charge in [0.15, 0.2) is 0 Å². The largest absolute Gasteiger partial charge is 0.545 e. The first-order chi connectivity index (χ1) is 7.49. The van der Waals surface area contributed by atoms with E-state index in [0.717, 1.165) is 12.2 Å². The number of alkyl halides is 2. The summed E-state index contributed by atoms with van der Waals surface area (Å²) in [5.41, 5.74) is 0.221. The molecule has 3 nitrogen and oxygen atoms in total. The van der Waals surface area contributed by atoms with Gasteiger partial charge in [0.1, 0.15) is 5.75 Å². The zero-order valence-electron chi connectivity index (χ0n) is 7.82. The van der Waals surface area contributed by atoms with Gasteiger partial charge >= 0.3 is 6.61 Å². The molecule has 1 rings (SSSR count). The van der Waals surface area contributed by atoms with Gasteiger partial charge in [0, 0.05) is 10.0 Å². The van der Waals surface area contributed by atoms with Crippen LogP contribution in [0.1, 0.15) is 5.56 Å². The highest BCUT2D eigenvalue weighted by molar-refractivity contribution is 9.10. The van der Waals surface area contributed by atoms with Crippen molar-refractivity contribution in [1.82, 2.24) is 0 Å². The highest BCUT2D eigenvalue weighted by Gasteiger charge is 2.08. The van der Waals surface area contributed by atoms with Gasteiger partial charge in [-0.3, -0.25) is 0 Å². The molecule has 0 aromatic heterocycles. The van der Waals surface area contributed by atoms with E-state index in [1.54, 1.807) is 0 Å². The minimum Gasteiger partial charge on any atom is -0.545 e. The molecular weight excluding hydrogens is 286 g/mol. The van der Waals surface area contributed by atoms with E-state index in [2.05, 4.69) is 20.7 Å². The van der Waals surface area contributed by atoms with Gasteiger partial charge < -0.3 is 14.6 Å². The molecule has 0 fully saturated rings. The van der Waals surface area contributed by atoms with Crippen molar-refractivity contribution in [3.05, 3.63) is 34.3 Å². The average Bonchev–Trinajstić information content (AvgIpc) is 2.17. The Hall–Kier alpha value is -1.43. The Morgan fingerprint density at radius 3 is 2.75 bits per heavy atom. The number of halogens is 3. The molecule has 1 aromatic rings. The van der Waals surface area contributed by atoms with Gasteiger partial charge in [0.05, 0.1) is 5.97 Å². The SMILES string of the molecule is O=C([O-])C=Cc1cc(Br)ccc1OC(F)F. The maximum Gasteiger partial charge on any atom is 0.387 e. The zero-order valence-corrected chi connectivity index (χ0v) is 9.41. The third kappa shape index (κ3) is 3.98. The van der Waals surface area contributed by atoms with Gasteiger partial charge in [0.2, 0.25) is 0 Å². The number of carboxylic acid groups (broad SMARTS) is 1. The minimum absolute atomic E-state index is 0.101. The van der Waals surface area contributed by atoms with E-state index in [4.69, 9.17) is 0 Å². The molecule has 0 amide bonds. The molecule has 0 heterocycles. The molecule has 0 spiro atoms. The molecule has 0 aliphatic heterocycles. The van der Waals surface area contributed by atoms with Gasteiger partial charge in [-0.1, -0.05) is 15.9 Å². The molecule has 6 heteroatoms. The van der Waals surface area contributed by atoms with Crippen molar-refractivity contribution in [2.24, 2.45) is 0 Å². The van der Waals surface area contributed by atoms with E-state index >= 15 is 0 Å². The second-order valence-corrected chi connectivity index (χ2v) is 3.63. The van der Waals surface area contributed by atoms with Crippen molar-refractivity contribution in [3.8, 4) is 5.75 Å². The quantitative estimate of drug-likeness (QED) is 0.795. The standard InChI is InChI=1S/C10H7BrF2O3/c11-7-2-3-8(16-10(12)13)6(5-7)1-4-9(14)15/h1-5,10H,(H,14,15)/p-1. The lowest BCUT2D eigenvalue weighted by Gasteiger charge is -2.08. The summed E-state index contributed by atoms with van der Waals surface area (Å²) in [4.78, 5) is 10.2. The first kappa shape index (κ1) is 12.6. The normalized spacial score (nSPS) is 11.0. The zero-order chi connectivity index (χ0) is 12.1. The van der Waals surface area contributed by atoms with E-state index < -0.39 is 12.6 Å². The molecule has 0 saturated carbocycles. The van der Waals surface area contributed by atoms with Crippen LogP contribution in [0, 0.1) is 0 Å². The maximum atomic E-state index is 12.0. The molecule has 0 aliphatic rings. The maximum absolute atomic E-state index is 12.0. The number of hydrogen-bond donors (Lipinski definition) is 0. The van der Waals surface area contributed by atoms with E-state index in [1.165, 1.54) is 18.2 Å². The number of hydrogen-bond acceptors (Lipinski definition) is 3. The molecule has 0 radical (unpaired) electrons. The lowest BCUT2D eigenvalue weighted by Crippen LogP contribution is -2.18. The van der Waals surface area contributed by atoms with Crippen LogP contribution in [0.3, 0.4) is 0 Å². The number of carbonyl (C=O) groups is 1.